The van der Waals surface area contributed by atoms with Crippen LogP contribution in [0.15, 0.2) is 97.2 Å². The molecule has 0 spiro atoms. The number of urea groups is 1. The number of carbonyl (C=O) groups excluding carboxylic acids is 1. The van der Waals surface area contributed by atoms with E-state index < -0.39 is 30.3 Å². The van der Waals surface area contributed by atoms with Gasteiger partial charge < -0.3 is 20.3 Å². The molecular weight excluding hydrogens is 640 g/mol. The number of nitrogens with zero attached hydrogens (tertiary/aromatic N) is 2. The van der Waals surface area contributed by atoms with Crippen LogP contribution < -0.4 is 10.6 Å². The largest absolute Gasteiger partial charge is 0.480 e. The lowest BCUT2D eigenvalue weighted by Gasteiger charge is -2.13. The fraction of sp³-hybridized carbons (Fsp3) is 0.0882. The van der Waals surface area contributed by atoms with Crippen molar-refractivity contribution in [3.63, 3.8) is 0 Å². The number of nitrogens with one attached hydrogen (secondary N) is 2. The van der Waals surface area contributed by atoms with Crippen molar-refractivity contribution >= 4 is 53.0 Å². The Morgan fingerprint density at radius 2 is 1.63 bits per heavy atom. The first-order valence-corrected chi connectivity index (χ1v) is 14.5. The smallest absolute Gasteiger partial charge is 0.417 e. The van der Waals surface area contributed by atoms with Crippen molar-refractivity contribution in [3.8, 4) is 22.4 Å². The molecule has 0 radical (unpaired) electrons. The molecule has 2 amide bonds. The number of carboxylic acid groups (broad SMARTS) is 1. The van der Waals surface area contributed by atoms with E-state index >= 15 is 0 Å². The molecule has 5 aromatic rings. The van der Waals surface area contributed by atoms with E-state index in [0.29, 0.717) is 43.9 Å². The molecule has 0 aliphatic heterocycles. The molecule has 4 aromatic carbocycles. The third kappa shape index (κ3) is 8.15. The molecule has 0 saturated carbocycles. The van der Waals surface area contributed by atoms with Gasteiger partial charge in [0, 0.05) is 29.0 Å². The van der Waals surface area contributed by atoms with Crippen LogP contribution in [0, 0.1) is 0 Å². The van der Waals surface area contributed by atoms with E-state index in [-0.39, 0.29) is 12.1 Å². The fourth-order valence-corrected chi connectivity index (χ4v) is 5.17. The molecule has 0 aliphatic rings. The number of hydrogen-bond acceptors (Lipinski definition) is 3. The van der Waals surface area contributed by atoms with Crippen LogP contribution in [-0.4, -0.2) is 33.2 Å². The average Bonchev–Trinajstić information content (AvgIpc) is 3.41. The van der Waals surface area contributed by atoms with E-state index in [4.69, 9.17) is 28.3 Å². The van der Waals surface area contributed by atoms with Crippen molar-refractivity contribution in [2.45, 2.75) is 12.7 Å². The Bertz CT molecular complexity index is 1910. The molecule has 12 heteroatoms. The summed E-state index contributed by atoms with van der Waals surface area (Å²) in [6.45, 7) is -0.245. The minimum absolute atomic E-state index is 0.0237. The summed E-state index contributed by atoms with van der Waals surface area (Å²) in [6, 6.07) is 24.1. The Balaban J connectivity index is 1.47. The summed E-state index contributed by atoms with van der Waals surface area (Å²) >= 11 is 12.5. The number of carboxylic acids is 1. The first-order valence-electron chi connectivity index (χ1n) is 13.8. The van der Waals surface area contributed by atoms with Gasteiger partial charge in [-0.15, -0.1) is 0 Å². The van der Waals surface area contributed by atoms with Gasteiger partial charge in [0.15, 0.2) is 0 Å². The second-order valence-corrected chi connectivity index (χ2v) is 11.0. The summed E-state index contributed by atoms with van der Waals surface area (Å²) < 4.78 is 44.3. The number of aromatic nitrogens is 2. The Kier molecular flexibility index (Phi) is 9.79. The van der Waals surface area contributed by atoms with Gasteiger partial charge >= 0.3 is 18.2 Å². The molecule has 0 unspecified atom stereocenters. The summed E-state index contributed by atoms with van der Waals surface area (Å²) in [5.41, 5.74) is 2.63. The van der Waals surface area contributed by atoms with Gasteiger partial charge in [-0.05, 0) is 64.7 Å². The molecule has 0 fully saturated rings. The molecule has 0 atom stereocenters. The van der Waals surface area contributed by atoms with Crippen molar-refractivity contribution in [1.29, 1.82) is 0 Å². The summed E-state index contributed by atoms with van der Waals surface area (Å²) in [5.74, 6) is -0.801. The maximum atomic E-state index is 14.2. The third-order valence-corrected chi connectivity index (χ3v) is 7.40. The highest BCUT2D eigenvalue weighted by molar-refractivity contribution is 6.36. The van der Waals surface area contributed by atoms with E-state index in [1.165, 1.54) is 18.2 Å². The SMILES string of the molecule is O=C(O)CNC(=O)Nc1ccc(Cn2cc(-c3ccc(Cl)cc3Cl)nc2/C=C/c2ccc(-c3ccccc3)cc2C(F)(F)F)cc1. The molecule has 234 valence electrons. The van der Waals surface area contributed by atoms with Crippen molar-refractivity contribution in [1.82, 2.24) is 14.9 Å². The van der Waals surface area contributed by atoms with Crippen molar-refractivity contribution < 1.29 is 27.9 Å². The minimum Gasteiger partial charge on any atom is -0.480 e. The molecule has 46 heavy (non-hydrogen) atoms. The Labute approximate surface area is 271 Å². The predicted molar refractivity (Wildman–Crippen MR) is 174 cm³/mol. The quantitative estimate of drug-likeness (QED) is 0.147. The van der Waals surface area contributed by atoms with Crippen LogP contribution in [0.3, 0.4) is 0 Å². The number of amides is 2. The zero-order chi connectivity index (χ0) is 32.8. The summed E-state index contributed by atoms with van der Waals surface area (Å²) in [4.78, 5) is 27.2. The first kappa shape index (κ1) is 32.3. The van der Waals surface area contributed by atoms with E-state index in [0.717, 1.165) is 11.6 Å². The van der Waals surface area contributed by atoms with E-state index in [1.54, 1.807) is 89.6 Å². The van der Waals surface area contributed by atoms with Crippen LogP contribution in [0.2, 0.25) is 10.0 Å². The van der Waals surface area contributed by atoms with Crippen LogP contribution >= 0.6 is 23.2 Å². The fourth-order valence-electron chi connectivity index (χ4n) is 4.66. The van der Waals surface area contributed by atoms with Crippen LogP contribution in [0.1, 0.15) is 22.5 Å². The van der Waals surface area contributed by atoms with E-state index in [1.807, 2.05) is 0 Å². The number of halogens is 5. The van der Waals surface area contributed by atoms with E-state index in [2.05, 4.69) is 15.6 Å². The molecule has 0 saturated heterocycles. The lowest BCUT2D eigenvalue weighted by atomic mass is 9.98. The predicted octanol–water partition coefficient (Wildman–Crippen LogP) is 8.97. The van der Waals surface area contributed by atoms with Crippen LogP contribution in [-0.2, 0) is 17.5 Å². The first-order chi connectivity index (χ1) is 22.0. The highest BCUT2D eigenvalue weighted by Crippen LogP contribution is 2.36. The third-order valence-electron chi connectivity index (χ3n) is 6.86. The number of rotatable bonds is 9. The molecule has 0 bridgehead atoms. The average molecular weight is 665 g/mol. The van der Waals surface area contributed by atoms with Crippen LogP contribution in [0.4, 0.5) is 23.7 Å². The van der Waals surface area contributed by atoms with Gasteiger partial charge in [0.1, 0.15) is 12.4 Å². The Morgan fingerprint density at radius 3 is 2.30 bits per heavy atom. The number of carbonyl (C=O) groups is 2. The maximum absolute atomic E-state index is 14.2. The van der Waals surface area contributed by atoms with Crippen molar-refractivity contribution in [2.75, 3.05) is 11.9 Å². The van der Waals surface area contributed by atoms with Gasteiger partial charge in [-0.3, -0.25) is 4.79 Å². The Morgan fingerprint density at radius 1 is 0.891 bits per heavy atom. The number of imidazole rings is 1. The second kappa shape index (κ2) is 13.9. The van der Waals surface area contributed by atoms with Crippen LogP contribution in [0.25, 0.3) is 34.5 Å². The normalized spacial score (nSPS) is 11.5. The molecule has 7 nitrogen and oxygen atoms in total. The van der Waals surface area contributed by atoms with E-state index in [9.17, 15) is 22.8 Å². The standard InChI is InChI=1S/C34H25Cl2F3N4O3/c35-25-11-14-27(29(36)17-25)30-20-43(19-21-6-12-26(13-7-21)41-33(46)40-18-32(44)45)31(42-30)15-10-23-8-9-24(16-28(23)34(37,38)39)22-4-2-1-3-5-22/h1-17,20H,18-19H2,(H,44,45)(H2,40,41,46)/b15-10+. The zero-order valence-electron chi connectivity index (χ0n) is 23.9. The van der Waals surface area contributed by atoms with Gasteiger partial charge in [-0.1, -0.05) is 83.9 Å². The minimum atomic E-state index is -4.60. The number of aliphatic carboxylic acids is 1. The maximum Gasteiger partial charge on any atom is 0.417 e. The zero-order valence-corrected chi connectivity index (χ0v) is 25.4. The topological polar surface area (TPSA) is 96.3 Å². The number of benzene rings is 4. The van der Waals surface area contributed by atoms with Crippen molar-refractivity contribution in [2.24, 2.45) is 0 Å². The highest BCUT2D eigenvalue weighted by atomic mass is 35.5. The second-order valence-electron chi connectivity index (χ2n) is 10.1. The lowest BCUT2D eigenvalue weighted by molar-refractivity contribution is -0.138. The monoisotopic (exact) mass is 664 g/mol. The van der Waals surface area contributed by atoms with Crippen molar-refractivity contribution in [3.05, 3.63) is 130 Å². The number of hydrogen-bond donors (Lipinski definition) is 3. The number of anilines is 1. The number of alkyl halides is 3. The summed E-state index contributed by atoms with van der Waals surface area (Å²) in [5, 5.41) is 14.3. The molecule has 1 heterocycles. The Hall–Kier alpha value is -5.06. The molecule has 1 aromatic heterocycles. The molecular formula is C34H25Cl2F3N4O3. The molecule has 5 rings (SSSR count). The van der Waals surface area contributed by atoms with Gasteiger partial charge in [-0.25, -0.2) is 9.78 Å². The van der Waals surface area contributed by atoms with Gasteiger partial charge in [0.25, 0.3) is 0 Å². The van der Waals surface area contributed by atoms with Gasteiger partial charge in [0.2, 0.25) is 0 Å². The highest BCUT2D eigenvalue weighted by Gasteiger charge is 2.33. The lowest BCUT2D eigenvalue weighted by Crippen LogP contribution is -2.33. The van der Waals surface area contributed by atoms with Gasteiger partial charge in [-0.2, -0.15) is 13.2 Å². The molecule has 0 aliphatic carbocycles. The summed E-state index contributed by atoms with van der Waals surface area (Å²) in [6.07, 6.45) is 0.0426. The summed E-state index contributed by atoms with van der Waals surface area (Å²) in [7, 11) is 0. The van der Waals surface area contributed by atoms with Crippen LogP contribution in [0.5, 0.6) is 0 Å². The molecule has 3 N–H and O–H groups in total. The van der Waals surface area contributed by atoms with Gasteiger partial charge in [0.05, 0.1) is 16.3 Å².